The summed E-state index contributed by atoms with van der Waals surface area (Å²) in [7, 11) is 0. The predicted octanol–water partition coefficient (Wildman–Crippen LogP) is 2.83. The van der Waals surface area contributed by atoms with Gasteiger partial charge in [-0.25, -0.2) is 0 Å². The molecule has 3 nitrogen and oxygen atoms in total. The molecule has 1 aliphatic carbocycles. The van der Waals surface area contributed by atoms with Crippen molar-refractivity contribution >= 4 is 11.6 Å². The highest BCUT2D eigenvalue weighted by Crippen LogP contribution is 2.35. The Kier molecular flexibility index (Phi) is 2.86. The number of fused-ring (bicyclic) bond motifs is 1. The average Bonchev–Trinajstić information content (AvgIpc) is 2.91. The molecule has 3 heteroatoms. The van der Waals surface area contributed by atoms with Crippen molar-refractivity contribution in [2.75, 3.05) is 5.32 Å². The van der Waals surface area contributed by atoms with Crippen molar-refractivity contribution in [3.8, 4) is 0 Å². The minimum Gasteiger partial charge on any atom is -0.324 e. The largest absolute Gasteiger partial charge is 0.324 e. The maximum atomic E-state index is 12.1. The molecular formula is C15H20N2O. The molecule has 2 aliphatic rings. The van der Waals surface area contributed by atoms with Gasteiger partial charge in [0.1, 0.15) is 6.04 Å². The van der Waals surface area contributed by atoms with Gasteiger partial charge in [0.15, 0.2) is 0 Å². The van der Waals surface area contributed by atoms with Crippen molar-refractivity contribution in [3.05, 3.63) is 28.8 Å². The fourth-order valence-electron chi connectivity index (χ4n) is 3.23. The molecule has 96 valence electrons. The van der Waals surface area contributed by atoms with E-state index in [-0.39, 0.29) is 11.9 Å². The summed E-state index contributed by atoms with van der Waals surface area (Å²) in [5.41, 5.74) is 4.53. The number of amides is 1. The maximum Gasteiger partial charge on any atom is 0.246 e. The van der Waals surface area contributed by atoms with Gasteiger partial charge in [0.2, 0.25) is 5.91 Å². The van der Waals surface area contributed by atoms with Gasteiger partial charge in [0.05, 0.1) is 0 Å². The first-order valence-corrected chi connectivity index (χ1v) is 6.83. The summed E-state index contributed by atoms with van der Waals surface area (Å²) in [6.45, 7) is 4.15. The molecule has 1 unspecified atom stereocenters. The zero-order valence-electron chi connectivity index (χ0n) is 11.0. The molecule has 1 aliphatic heterocycles. The van der Waals surface area contributed by atoms with Gasteiger partial charge >= 0.3 is 0 Å². The number of aryl methyl sites for hydroxylation is 2. The van der Waals surface area contributed by atoms with Crippen molar-refractivity contribution in [1.82, 2.24) is 5.32 Å². The summed E-state index contributed by atoms with van der Waals surface area (Å²) < 4.78 is 0. The van der Waals surface area contributed by atoms with Crippen LogP contribution in [0.5, 0.6) is 0 Å². The standard InChI is InChI=1S/C15H20N2O/c1-9-7-10(2)13-12(8-9)14(15(18)17-13)16-11-5-3-4-6-11/h7-8,11,14,16H,3-6H2,1-2H3,(H,17,18). The first-order valence-electron chi connectivity index (χ1n) is 6.83. The van der Waals surface area contributed by atoms with E-state index in [2.05, 4.69) is 36.6 Å². The molecule has 0 aromatic heterocycles. The quantitative estimate of drug-likeness (QED) is 0.840. The van der Waals surface area contributed by atoms with E-state index in [1.54, 1.807) is 0 Å². The minimum atomic E-state index is -0.151. The second kappa shape index (κ2) is 4.39. The lowest BCUT2D eigenvalue weighted by Gasteiger charge is -2.17. The van der Waals surface area contributed by atoms with Crippen LogP contribution in [-0.4, -0.2) is 11.9 Å². The summed E-state index contributed by atoms with van der Waals surface area (Å²) in [4.78, 5) is 12.1. The van der Waals surface area contributed by atoms with Crippen LogP contribution in [0.2, 0.25) is 0 Å². The smallest absolute Gasteiger partial charge is 0.246 e. The Morgan fingerprint density at radius 2 is 1.94 bits per heavy atom. The van der Waals surface area contributed by atoms with Crippen molar-refractivity contribution in [2.24, 2.45) is 0 Å². The molecule has 18 heavy (non-hydrogen) atoms. The Hall–Kier alpha value is -1.35. The number of anilines is 1. The van der Waals surface area contributed by atoms with E-state index in [4.69, 9.17) is 0 Å². The number of carbonyl (C=O) groups is 1. The molecule has 1 amide bonds. The zero-order chi connectivity index (χ0) is 12.7. The van der Waals surface area contributed by atoms with Crippen LogP contribution in [0.3, 0.4) is 0 Å². The third-order valence-corrected chi connectivity index (χ3v) is 4.09. The van der Waals surface area contributed by atoms with E-state index in [9.17, 15) is 4.79 Å². The van der Waals surface area contributed by atoms with E-state index in [1.165, 1.54) is 31.2 Å². The fraction of sp³-hybridized carbons (Fsp3) is 0.533. The van der Waals surface area contributed by atoms with Crippen LogP contribution in [0.4, 0.5) is 5.69 Å². The fourth-order valence-corrected chi connectivity index (χ4v) is 3.23. The van der Waals surface area contributed by atoms with Crippen LogP contribution in [0, 0.1) is 13.8 Å². The summed E-state index contributed by atoms with van der Waals surface area (Å²) in [5, 5.41) is 6.54. The molecule has 0 bridgehead atoms. The lowest BCUT2D eigenvalue weighted by atomic mass is 10.0. The van der Waals surface area contributed by atoms with Crippen LogP contribution in [-0.2, 0) is 4.79 Å². The first kappa shape index (κ1) is 11.7. The summed E-state index contributed by atoms with van der Waals surface area (Å²) in [5.74, 6) is 0.102. The number of hydrogen-bond donors (Lipinski definition) is 2. The van der Waals surface area contributed by atoms with Crippen LogP contribution < -0.4 is 10.6 Å². The molecule has 3 rings (SSSR count). The van der Waals surface area contributed by atoms with Gasteiger partial charge in [-0.2, -0.15) is 0 Å². The molecule has 0 radical (unpaired) electrons. The molecule has 1 fully saturated rings. The van der Waals surface area contributed by atoms with E-state index < -0.39 is 0 Å². The average molecular weight is 244 g/mol. The highest BCUT2D eigenvalue weighted by Gasteiger charge is 2.33. The summed E-state index contributed by atoms with van der Waals surface area (Å²) >= 11 is 0. The lowest BCUT2D eigenvalue weighted by molar-refractivity contribution is -0.117. The molecule has 0 saturated heterocycles. The lowest BCUT2D eigenvalue weighted by Crippen LogP contribution is -2.34. The first-order chi connectivity index (χ1) is 8.65. The van der Waals surface area contributed by atoms with Crippen molar-refractivity contribution in [3.63, 3.8) is 0 Å². The van der Waals surface area contributed by atoms with Gasteiger partial charge in [0, 0.05) is 17.3 Å². The number of benzene rings is 1. The molecule has 1 aromatic rings. The molecule has 1 atom stereocenters. The van der Waals surface area contributed by atoms with Gasteiger partial charge in [-0.05, 0) is 32.3 Å². The zero-order valence-corrected chi connectivity index (χ0v) is 11.0. The predicted molar refractivity (Wildman–Crippen MR) is 72.7 cm³/mol. The Bertz CT molecular complexity index is 490. The molecule has 2 N–H and O–H groups in total. The van der Waals surface area contributed by atoms with Crippen LogP contribution >= 0.6 is 0 Å². The summed E-state index contributed by atoms with van der Waals surface area (Å²) in [6, 6.07) is 4.61. The van der Waals surface area contributed by atoms with Crippen LogP contribution in [0.1, 0.15) is 48.4 Å². The summed E-state index contributed by atoms with van der Waals surface area (Å²) in [6.07, 6.45) is 4.96. The van der Waals surface area contributed by atoms with Crippen molar-refractivity contribution in [2.45, 2.75) is 51.6 Å². The van der Waals surface area contributed by atoms with Gasteiger partial charge < -0.3 is 5.32 Å². The normalized spacial score (nSPS) is 23.2. The van der Waals surface area contributed by atoms with Gasteiger partial charge in [0.25, 0.3) is 0 Å². The SMILES string of the molecule is Cc1cc(C)c2c(c1)C(NC1CCCC1)C(=O)N2. The third kappa shape index (κ3) is 1.93. The van der Waals surface area contributed by atoms with Gasteiger partial charge in [-0.3, -0.25) is 10.1 Å². The Morgan fingerprint density at radius 3 is 2.67 bits per heavy atom. The number of nitrogens with one attached hydrogen (secondary N) is 2. The van der Waals surface area contributed by atoms with E-state index in [0.717, 1.165) is 16.8 Å². The number of hydrogen-bond acceptors (Lipinski definition) is 2. The monoisotopic (exact) mass is 244 g/mol. The molecule has 0 spiro atoms. The van der Waals surface area contributed by atoms with E-state index >= 15 is 0 Å². The Labute approximate surface area is 108 Å². The second-order valence-corrected chi connectivity index (χ2v) is 5.62. The molecule has 1 heterocycles. The van der Waals surface area contributed by atoms with Crippen LogP contribution in [0.15, 0.2) is 12.1 Å². The van der Waals surface area contributed by atoms with Gasteiger partial charge in [-0.15, -0.1) is 0 Å². The molecule has 1 saturated carbocycles. The molecular weight excluding hydrogens is 224 g/mol. The maximum absolute atomic E-state index is 12.1. The number of carbonyl (C=O) groups excluding carboxylic acids is 1. The third-order valence-electron chi connectivity index (χ3n) is 4.09. The van der Waals surface area contributed by atoms with E-state index in [1.807, 2.05) is 0 Å². The van der Waals surface area contributed by atoms with Gasteiger partial charge in [-0.1, -0.05) is 30.5 Å². The minimum absolute atomic E-state index is 0.102. The highest BCUT2D eigenvalue weighted by molar-refractivity contribution is 6.03. The molecule has 1 aromatic carbocycles. The topological polar surface area (TPSA) is 41.1 Å². The van der Waals surface area contributed by atoms with E-state index in [0.29, 0.717) is 6.04 Å². The van der Waals surface area contributed by atoms with Crippen LogP contribution in [0.25, 0.3) is 0 Å². The van der Waals surface area contributed by atoms with Crippen molar-refractivity contribution < 1.29 is 4.79 Å². The Balaban J connectivity index is 1.90. The second-order valence-electron chi connectivity index (χ2n) is 5.62. The van der Waals surface area contributed by atoms with Crippen molar-refractivity contribution in [1.29, 1.82) is 0 Å². The Morgan fingerprint density at radius 1 is 1.22 bits per heavy atom. The highest BCUT2D eigenvalue weighted by atomic mass is 16.2. The number of rotatable bonds is 2.